The van der Waals surface area contributed by atoms with Gasteiger partial charge in [-0.2, -0.15) is 0 Å². The van der Waals surface area contributed by atoms with E-state index in [1.165, 1.54) is 32.2 Å². The summed E-state index contributed by atoms with van der Waals surface area (Å²) in [5.41, 5.74) is 0. The van der Waals surface area contributed by atoms with Gasteiger partial charge in [0.05, 0.1) is 6.17 Å². The Labute approximate surface area is 147 Å². The fourth-order valence-corrected chi connectivity index (χ4v) is 5.53. The molecule has 0 aromatic heterocycles. The molecule has 3 aliphatic heterocycles. The first-order valence-electron chi connectivity index (χ1n) is 9.30. The number of amides is 1. The molecule has 3 saturated heterocycles. The third-order valence-corrected chi connectivity index (χ3v) is 6.82. The molecule has 0 aromatic rings. The van der Waals surface area contributed by atoms with E-state index in [2.05, 4.69) is 31.5 Å². The topological polar surface area (TPSA) is 53.6 Å². The van der Waals surface area contributed by atoms with Crippen LogP contribution in [0.1, 0.15) is 51.4 Å². The first-order valence-corrected chi connectivity index (χ1v) is 10.2. The van der Waals surface area contributed by atoms with Crippen LogP contribution in [0.4, 0.5) is 0 Å². The second kappa shape index (κ2) is 6.98. The van der Waals surface area contributed by atoms with Crippen molar-refractivity contribution >= 4 is 21.8 Å². The molecule has 4 aliphatic rings. The van der Waals surface area contributed by atoms with Crippen molar-refractivity contribution in [2.45, 2.75) is 80.7 Å². The predicted octanol–water partition coefficient (Wildman–Crippen LogP) is 1.96. The van der Waals surface area contributed by atoms with E-state index in [0.717, 1.165) is 38.1 Å². The SMILES string of the molecule is O=C(NC1CCCC(C2CNC3CCCN32)C1)C1CCC(Br)O1. The molecule has 6 atom stereocenters. The lowest BCUT2D eigenvalue weighted by Gasteiger charge is -2.36. The number of halogens is 1. The molecule has 0 radical (unpaired) electrons. The van der Waals surface area contributed by atoms with Gasteiger partial charge in [0.25, 0.3) is 0 Å². The number of ether oxygens (including phenoxy) is 1. The monoisotopic (exact) mass is 385 g/mol. The summed E-state index contributed by atoms with van der Waals surface area (Å²) in [5.74, 6) is 0.819. The Bertz CT molecular complexity index is 450. The van der Waals surface area contributed by atoms with Gasteiger partial charge in [0.15, 0.2) is 0 Å². The second-order valence-electron chi connectivity index (χ2n) is 7.62. The highest BCUT2D eigenvalue weighted by molar-refractivity contribution is 9.09. The molecule has 2 N–H and O–H groups in total. The molecule has 4 fully saturated rings. The fourth-order valence-electron chi connectivity index (χ4n) is 5.01. The van der Waals surface area contributed by atoms with Gasteiger partial charge in [0, 0.05) is 25.2 Å². The minimum Gasteiger partial charge on any atom is -0.354 e. The first kappa shape index (κ1) is 16.3. The summed E-state index contributed by atoms with van der Waals surface area (Å²) >= 11 is 3.44. The molecule has 1 amide bonds. The Morgan fingerprint density at radius 3 is 2.91 bits per heavy atom. The van der Waals surface area contributed by atoms with Gasteiger partial charge in [-0.3, -0.25) is 9.69 Å². The lowest BCUT2D eigenvalue weighted by atomic mass is 9.80. The summed E-state index contributed by atoms with van der Waals surface area (Å²) in [6.07, 6.45) is 9.55. The molecular formula is C17H28BrN3O2. The zero-order chi connectivity index (χ0) is 15.8. The van der Waals surface area contributed by atoms with Crippen LogP contribution in [0.5, 0.6) is 0 Å². The van der Waals surface area contributed by atoms with Crippen molar-refractivity contribution in [3.05, 3.63) is 0 Å². The maximum absolute atomic E-state index is 12.4. The van der Waals surface area contributed by atoms with Gasteiger partial charge >= 0.3 is 0 Å². The lowest BCUT2D eigenvalue weighted by molar-refractivity contribution is -0.131. The van der Waals surface area contributed by atoms with Crippen LogP contribution in [-0.2, 0) is 9.53 Å². The number of hydrogen-bond acceptors (Lipinski definition) is 4. The number of nitrogens with one attached hydrogen (secondary N) is 2. The van der Waals surface area contributed by atoms with Crippen molar-refractivity contribution < 1.29 is 9.53 Å². The molecule has 6 heteroatoms. The third kappa shape index (κ3) is 3.46. The number of rotatable bonds is 3. The number of carbonyl (C=O) groups excluding carboxylic acids is 1. The Kier molecular flexibility index (Phi) is 4.95. The van der Waals surface area contributed by atoms with Gasteiger partial charge in [0.1, 0.15) is 11.1 Å². The van der Waals surface area contributed by atoms with Crippen LogP contribution < -0.4 is 10.6 Å². The quantitative estimate of drug-likeness (QED) is 0.729. The van der Waals surface area contributed by atoms with E-state index >= 15 is 0 Å². The van der Waals surface area contributed by atoms with Gasteiger partial charge in [-0.05, 0) is 50.9 Å². The van der Waals surface area contributed by atoms with Crippen LogP contribution in [0.15, 0.2) is 0 Å². The average Bonchev–Trinajstić information content (AvgIpc) is 3.23. The molecule has 23 heavy (non-hydrogen) atoms. The van der Waals surface area contributed by atoms with Crippen molar-refractivity contribution in [3.63, 3.8) is 0 Å². The van der Waals surface area contributed by atoms with E-state index in [9.17, 15) is 4.79 Å². The van der Waals surface area contributed by atoms with Crippen LogP contribution in [0.25, 0.3) is 0 Å². The van der Waals surface area contributed by atoms with Gasteiger partial charge < -0.3 is 15.4 Å². The molecule has 1 aliphatic carbocycles. The number of alkyl halides is 1. The van der Waals surface area contributed by atoms with E-state index in [1.807, 2.05) is 0 Å². The predicted molar refractivity (Wildman–Crippen MR) is 92.2 cm³/mol. The standard InChI is InChI=1S/C17H28BrN3O2/c18-15-7-6-14(23-15)17(22)20-12-4-1-3-11(9-12)13-10-19-16-5-2-8-21(13)16/h11-16,19H,1-10H2,(H,20,22). The summed E-state index contributed by atoms with van der Waals surface area (Å²) in [5, 5.41) is 7.01. The minimum atomic E-state index is -0.254. The van der Waals surface area contributed by atoms with Crippen LogP contribution in [0.2, 0.25) is 0 Å². The average molecular weight is 386 g/mol. The molecule has 3 heterocycles. The molecule has 130 valence electrons. The normalized spacial score (nSPS) is 44.4. The van der Waals surface area contributed by atoms with Crippen LogP contribution in [-0.4, -0.2) is 53.3 Å². The van der Waals surface area contributed by atoms with Crippen molar-refractivity contribution in [2.75, 3.05) is 13.1 Å². The van der Waals surface area contributed by atoms with Gasteiger partial charge in [-0.15, -0.1) is 0 Å². The van der Waals surface area contributed by atoms with Crippen LogP contribution in [0, 0.1) is 5.92 Å². The smallest absolute Gasteiger partial charge is 0.249 e. The van der Waals surface area contributed by atoms with Gasteiger partial charge in [0.2, 0.25) is 5.91 Å². The molecule has 0 bridgehead atoms. The zero-order valence-electron chi connectivity index (χ0n) is 13.7. The summed E-state index contributed by atoms with van der Waals surface area (Å²) < 4.78 is 5.63. The van der Waals surface area contributed by atoms with E-state index in [1.54, 1.807) is 0 Å². The zero-order valence-corrected chi connectivity index (χ0v) is 15.3. The lowest BCUT2D eigenvalue weighted by Crippen LogP contribution is -2.47. The van der Waals surface area contributed by atoms with E-state index in [4.69, 9.17) is 4.74 Å². The minimum absolute atomic E-state index is 0.0500. The number of carbonyl (C=O) groups is 1. The molecule has 1 saturated carbocycles. The van der Waals surface area contributed by atoms with Crippen LogP contribution in [0.3, 0.4) is 0 Å². The van der Waals surface area contributed by atoms with Crippen molar-refractivity contribution in [2.24, 2.45) is 5.92 Å². The molecule has 0 aromatic carbocycles. The van der Waals surface area contributed by atoms with E-state index in [-0.39, 0.29) is 17.0 Å². The Morgan fingerprint density at radius 2 is 2.09 bits per heavy atom. The molecular weight excluding hydrogens is 358 g/mol. The highest BCUT2D eigenvalue weighted by Crippen LogP contribution is 2.35. The largest absolute Gasteiger partial charge is 0.354 e. The number of fused-ring (bicyclic) bond motifs is 1. The summed E-state index contributed by atoms with van der Waals surface area (Å²) in [6, 6.07) is 1.01. The number of hydrogen-bond donors (Lipinski definition) is 2. The van der Waals surface area contributed by atoms with Crippen molar-refractivity contribution in [3.8, 4) is 0 Å². The fraction of sp³-hybridized carbons (Fsp3) is 0.941. The Morgan fingerprint density at radius 1 is 1.17 bits per heavy atom. The maximum atomic E-state index is 12.4. The van der Waals surface area contributed by atoms with Crippen molar-refractivity contribution in [1.82, 2.24) is 15.5 Å². The highest BCUT2D eigenvalue weighted by atomic mass is 79.9. The second-order valence-corrected chi connectivity index (χ2v) is 8.64. The van der Waals surface area contributed by atoms with Gasteiger partial charge in [-0.25, -0.2) is 0 Å². The third-order valence-electron chi connectivity index (χ3n) is 6.15. The Balaban J connectivity index is 1.31. The number of nitrogens with zero attached hydrogens (tertiary/aromatic N) is 1. The first-order chi connectivity index (χ1) is 11.2. The summed E-state index contributed by atoms with van der Waals surface area (Å²) in [7, 11) is 0. The molecule has 5 nitrogen and oxygen atoms in total. The summed E-state index contributed by atoms with van der Waals surface area (Å²) in [6.45, 7) is 2.38. The van der Waals surface area contributed by atoms with Gasteiger partial charge in [-0.1, -0.05) is 22.4 Å². The van der Waals surface area contributed by atoms with Crippen LogP contribution >= 0.6 is 15.9 Å². The van der Waals surface area contributed by atoms with Crippen molar-refractivity contribution in [1.29, 1.82) is 0 Å². The molecule has 0 spiro atoms. The molecule has 4 rings (SSSR count). The Hall–Kier alpha value is -0.170. The molecule has 6 unspecified atom stereocenters. The highest BCUT2D eigenvalue weighted by Gasteiger charge is 2.42. The maximum Gasteiger partial charge on any atom is 0.249 e. The van der Waals surface area contributed by atoms with E-state index in [0.29, 0.717) is 18.2 Å². The van der Waals surface area contributed by atoms with E-state index < -0.39 is 0 Å². The summed E-state index contributed by atoms with van der Waals surface area (Å²) in [4.78, 5) is 15.1.